The molecule has 0 fully saturated rings. The van der Waals surface area contributed by atoms with E-state index < -0.39 is 30.0 Å². The number of hydrogen-bond acceptors (Lipinski definition) is 3. The fraction of sp³-hybridized carbons (Fsp3) is 0.222. The first-order valence-corrected chi connectivity index (χ1v) is 4.09. The van der Waals surface area contributed by atoms with E-state index in [9.17, 15) is 22.8 Å². The van der Waals surface area contributed by atoms with E-state index in [0.717, 1.165) is 6.07 Å². The Morgan fingerprint density at radius 3 is 2.31 bits per heavy atom. The van der Waals surface area contributed by atoms with Gasteiger partial charge in [-0.15, -0.1) is 0 Å². The lowest BCUT2D eigenvalue weighted by atomic mass is 10.1. The fourth-order valence-corrected chi connectivity index (χ4v) is 0.966. The topological polar surface area (TPSA) is 67.3 Å². The number of hydrogen-bond donors (Lipinski definition) is 1. The highest BCUT2D eigenvalue weighted by molar-refractivity contribution is 6.05. The van der Waals surface area contributed by atoms with Crippen LogP contribution in [0, 0.1) is 0 Å². The third-order valence-electron chi connectivity index (χ3n) is 1.69. The molecule has 0 aromatic carbocycles. The van der Waals surface area contributed by atoms with Crippen LogP contribution in [0.1, 0.15) is 22.5 Å². The van der Waals surface area contributed by atoms with Crippen LogP contribution >= 0.6 is 0 Å². The number of rotatable bonds is 3. The van der Waals surface area contributed by atoms with Gasteiger partial charge in [0.15, 0.2) is 5.78 Å². The van der Waals surface area contributed by atoms with E-state index in [-0.39, 0.29) is 5.56 Å². The maximum Gasteiger partial charge on any atom is 0.433 e. The standard InChI is InChI=1S/C9H6F3NO3/c10-9(11,12)7-2-1-5(4-13-7)6(14)3-8(15)16/h1-2,4H,3H2,(H,15,16). The van der Waals surface area contributed by atoms with Crippen LogP contribution in [0.25, 0.3) is 0 Å². The Morgan fingerprint density at radius 2 is 1.94 bits per heavy atom. The quantitative estimate of drug-likeness (QED) is 0.638. The normalized spacial score (nSPS) is 11.2. The molecule has 1 N–H and O–H groups in total. The van der Waals surface area contributed by atoms with Crippen LogP contribution in [-0.2, 0) is 11.0 Å². The van der Waals surface area contributed by atoms with E-state index in [1.807, 2.05) is 0 Å². The van der Waals surface area contributed by atoms with Crippen LogP contribution in [0.15, 0.2) is 18.3 Å². The van der Waals surface area contributed by atoms with E-state index in [1.54, 1.807) is 0 Å². The van der Waals surface area contributed by atoms with Crippen molar-refractivity contribution in [2.75, 3.05) is 0 Å². The summed E-state index contributed by atoms with van der Waals surface area (Å²) < 4.78 is 36.3. The Balaban J connectivity index is 2.87. The monoisotopic (exact) mass is 233 g/mol. The van der Waals surface area contributed by atoms with Crippen molar-refractivity contribution in [3.8, 4) is 0 Å². The molecule has 1 heterocycles. The highest BCUT2D eigenvalue weighted by Gasteiger charge is 2.32. The summed E-state index contributed by atoms with van der Waals surface area (Å²) in [4.78, 5) is 24.3. The number of Topliss-reactive ketones (excluding diaryl/α,β-unsaturated/α-hetero) is 1. The highest BCUT2D eigenvalue weighted by atomic mass is 19.4. The van der Waals surface area contributed by atoms with Gasteiger partial charge in [0.05, 0.1) is 0 Å². The molecule has 0 amide bonds. The minimum absolute atomic E-state index is 0.157. The molecular formula is C9H6F3NO3. The SMILES string of the molecule is O=C(O)CC(=O)c1ccc(C(F)(F)F)nc1. The third kappa shape index (κ3) is 3.04. The first-order chi connectivity index (χ1) is 7.30. The molecule has 0 unspecified atom stereocenters. The van der Waals surface area contributed by atoms with Crippen molar-refractivity contribution in [1.29, 1.82) is 0 Å². The summed E-state index contributed by atoms with van der Waals surface area (Å²) in [5, 5.41) is 8.31. The second kappa shape index (κ2) is 4.30. The molecule has 0 saturated heterocycles. The molecule has 0 aliphatic heterocycles. The number of aromatic nitrogens is 1. The van der Waals surface area contributed by atoms with Gasteiger partial charge < -0.3 is 5.11 Å². The van der Waals surface area contributed by atoms with Gasteiger partial charge >= 0.3 is 12.1 Å². The number of carbonyl (C=O) groups is 2. The minimum Gasteiger partial charge on any atom is -0.481 e. The molecule has 1 aromatic heterocycles. The van der Waals surface area contributed by atoms with E-state index in [0.29, 0.717) is 12.3 Å². The van der Waals surface area contributed by atoms with Crippen LogP contribution in [0.4, 0.5) is 13.2 Å². The molecular weight excluding hydrogens is 227 g/mol. The number of carboxylic acids is 1. The third-order valence-corrected chi connectivity index (χ3v) is 1.69. The summed E-state index contributed by atoms with van der Waals surface area (Å²) in [7, 11) is 0. The lowest BCUT2D eigenvalue weighted by Gasteiger charge is -2.05. The molecule has 16 heavy (non-hydrogen) atoms. The number of carbonyl (C=O) groups excluding carboxylic acids is 1. The van der Waals surface area contributed by atoms with Crippen LogP contribution < -0.4 is 0 Å². The molecule has 7 heteroatoms. The first kappa shape index (κ1) is 12.2. The van der Waals surface area contributed by atoms with Crippen LogP contribution in [0.5, 0.6) is 0 Å². The van der Waals surface area contributed by atoms with Crippen LogP contribution in [0.3, 0.4) is 0 Å². The summed E-state index contributed by atoms with van der Waals surface area (Å²) in [5.41, 5.74) is -1.28. The van der Waals surface area contributed by atoms with Gasteiger partial charge in [0, 0.05) is 11.8 Å². The molecule has 0 aliphatic carbocycles. The molecule has 0 atom stereocenters. The van der Waals surface area contributed by atoms with Crippen LogP contribution in [-0.4, -0.2) is 21.8 Å². The lowest BCUT2D eigenvalue weighted by Crippen LogP contribution is -2.11. The van der Waals surface area contributed by atoms with Gasteiger partial charge in [0.1, 0.15) is 12.1 Å². The second-order valence-electron chi connectivity index (χ2n) is 2.92. The maximum absolute atomic E-state index is 12.1. The molecule has 1 aromatic rings. The summed E-state index contributed by atoms with van der Waals surface area (Å²) in [6.45, 7) is 0. The van der Waals surface area contributed by atoms with Crippen LogP contribution in [0.2, 0.25) is 0 Å². The molecule has 1 rings (SSSR count). The minimum atomic E-state index is -4.58. The zero-order valence-corrected chi connectivity index (χ0v) is 7.78. The van der Waals surface area contributed by atoms with E-state index >= 15 is 0 Å². The number of pyridine rings is 1. The number of carboxylic acid groups (broad SMARTS) is 1. The Kier molecular flexibility index (Phi) is 3.26. The fourth-order valence-electron chi connectivity index (χ4n) is 0.966. The average molecular weight is 233 g/mol. The number of alkyl halides is 3. The molecule has 0 spiro atoms. The highest BCUT2D eigenvalue weighted by Crippen LogP contribution is 2.27. The van der Waals surface area contributed by atoms with Crippen molar-refractivity contribution in [1.82, 2.24) is 4.98 Å². The van der Waals surface area contributed by atoms with Gasteiger partial charge in [-0.05, 0) is 12.1 Å². The maximum atomic E-state index is 12.1. The zero-order chi connectivity index (χ0) is 12.3. The van der Waals surface area contributed by atoms with Gasteiger partial charge in [-0.25, -0.2) is 0 Å². The van der Waals surface area contributed by atoms with E-state index in [1.165, 1.54) is 0 Å². The Labute approximate surface area is 87.7 Å². The molecule has 0 radical (unpaired) electrons. The lowest BCUT2D eigenvalue weighted by molar-refractivity contribution is -0.141. The molecule has 4 nitrogen and oxygen atoms in total. The van der Waals surface area contributed by atoms with E-state index in [4.69, 9.17) is 5.11 Å². The Hall–Kier alpha value is -1.92. The second-order valence-corrected chi connectivity index (χ2v) is 2.92. The molecule has 86 valence electrons. The van der Waals surface area contributed by atoms with E-state index in [2.05, 4.69) is 4.98 Å². The van der Waals surface area contributed by atoms with Gasteiger partial charge in [-0.3, -0.25) is 14.6 Å². The van der Waals surface area contributed by atoms with Crippen molar-refractivity contribution in [2.24, 2.45) is 0 Å². The predicted molar refractivity (Wildman–Crippen MR) is 45.8 cm³/mol. The van der Waals surface area contributed by atoms with Gasteiger partial charge in [-0.1, -0.05) is 0 Å². The van der Waals surface area contributed by atoms with Crippen molar-refractivity contribution < 1.29 is 27.9 Å². The molecule has 0 bridgehead atoms. The molecule has 0 saturated carbocycles. The number of nitrogens with zero attached hydrogens (tertiary/aromatic N) is 1. The number of aliphatic carboxylic acids is 1. The average Bonchev–Trinajstić information content (AvgIpc) is 2.15. The van der Waals surface area contributed by atoms with Crippen molar-refractivity contribution in [3.05, 3.63) is 29.6 Å². The van der Waals surface area contributed by atoms with Gasteiger partial charge in [-0.2, -0.15) is 13.2 Å². The van der Waals surface area contributed by atoms with Gasteiger partial charge in [0.2, 0.25) is 0 Å². The summed E-state index contributed by atoms with van der Waals surface area (Å²) in [6.07, 6.45) is -4.63. The zero-order valence-electron chi connectivity index (χ0n) is 7.78. The largest absolute Gasteiger partial charge is 0.481 e. The Bertz CT molecular complexity index is 411. The predicted octanol–water partition coefficient (Wildman–Crippen LogP) is 1.76. The first-order valence-electron chi connectivity index (χ1n) is 4.09. The van der Waals surface area contributed by atoms with Crippen molar-refractivity contribution in [3.63, 3.8) is 0 Å². The smallest absolute Gasteiger partial charge is 0.433 e. The van der Waals surface area contributed by atoms with Crippen molar-refractivity contribution >= 4 is 11.8 Å². The Morgan fingerprint density at radius 1 is 1.31 bits per heavy atom. The van der Waals surface area contributed by atoms with Gasteiger partial charge in [0.25, 0.3) is 0 Å². The number of ketones is 1. The summed E-state index contributed by atoms with van der Waals surface area (Å²) in [5.74, 6) is -2.13. The summed E-state index contributed by atoms with van der Waals surface area (Å²) >= 11 is 0. The van der Waals surface area contributed by atoms with Crippen molar-refractivity contribution in [2.45, 2.75) is 12.6 Å². The summed E-state index contributed by atoms with van der Waals surface area (Å²) in [6, 6.07) is 1.54. The molecule has 0 aliphatic rings. The number of halogens is 3.